The van der Waals surface area contributed by atoms with E-state index in [4.69, 9.17) is 26.2 Å². The third-order valence-corrected chi connectivity index (χ3v) is 5.20. The number of benzene rings is 3. The number of hydrogen-bond acceptors (Lipinski definition) is 3. The molecule has 0 aliphatic rings. The Morgan fingerprint density at radius 1 is 1.00 bits per heavy atom. The summed E-state index contributed by atoms with van der Waals surface area (Å²) in [6.45, 7) is 4.63. The molecule has 28 heavy (non-hydrogen) atoms. The van der Waals surface area contributed by atoms with Crippen LogP contribution in [-0.2, 0) is 11.2 Å². The summed E-state index contributed by atoms with van der Waals surface area (Å²) < 4.78 is 11.7. The van der Waals surface area contributed by atoms with Gasteiger partial charge in [0.2, 0.25) is 0 Å². The average molecular weight is 399 g/mol. The Labute approximate surface area is 169 Å². The van der Waals surface area contributed by atoms with Crippen molar-refractivity contribution < 1.29 is 19.4 Å². The fourth-order valence-electron chi connectivity index (χ4n) is 3.24. The molecule has 3 aromatic carbocycles. The maximum atomic E-state index is 11.0. The van der Waals surface area contributed by atoms with Crippen LogP contribution in [0.1, 0.15) is 23.1 Å². The fourth-order valence-corrected chi connectivity index (χ4v) is 3.35. The SMILES string of the molecule is Cc1cc(OCCOc2ccc3ccccc3c2CCC(=O)O)cc(C)c1Cl. The van der Waals surface area contributed by atoms with Crippen molar-refractivity contribution in [2.24, 2.45) is 0 Å². The maximum Gasteiger partial charge on any atom is 0.303 e. The number of carboxylic acids is 1. The first-order valence-corrected chi connectivity index (χ1v) is 9.58. The number of aryl methyl sites for hydroxylation is 3. The van der Waals surface area contributed by atoms with E-state index in [9.17, 15) is 4.79 Å². The van der Waals surface area contributed by atoms with Crippen LogP contribution < -0.4 is 9.47 Å². The van der Waals surface area contributed by atoms with Crippen molar-refractivity contribution in [1.82, 2.24) is 0 Å². The molecule has 0 saturated heterocycles. The van der Waals surface area contributed by atoms with Crippen LogP contribution in [0.3, 0.4) is 0 Å². The van der Waals surface area contributed by atoms with Crippen LogP contribution in [-0.4, -0.2) is 24.3 Å². The summed E-state index contributed by atoms with van der Waals surface area (Å²) in [6, 6.07) is 15.6. The minimum atomic E-state index is -0.823. The number of aliphatic carboxylic acids is 1. The number of hydrogen-bond donors (Lipinski definition) is 1. The standard InChI is InChI=1S/C23H23ClO4/c1-15-13-18(14-16(2)23(15)24)27-11-12-28-21-9-7-17-5-3-4-6-19(17)20(21)8-10-22(25)26/h3-7,9,13-14H,8,10-12H2,1-2H3,(H,25,26). The number of carboxylic acid groups (broad SMARTS) is 1. The molecule has 1 N–H and O–H groups in total. The smallest absolute Gasteiger partial charge is 0.303 e. The van der Waals surface area contributed by atoms with E-state index in [-0.39, 0.29) is 6.42 Å². The molecule has 0 amide bonds. The molecule has 0 aliphatic heterocycles. The zero-order valence-corrected chi connectivity index (χ0v) is 16.8. The van der Waals surface area contributed by atoms with Crippen molar-refractivity contribution >= 4 is 28.3 Å². The van der Waals surface area contributed by atoms with Gasteiger partial charge in [-0.05, 0) is 60.4 Å². The van der Waals surface area contributed by atoms with Gasteiger partial charge < -0.3 is 14.6 Å². The van der Waals surface area contributed by atoms with Gasteiger partial charge >= 0.3 is 5.97 Å². The number of fused-ring (bicyclic) bond motifs is 1. The molecule has 0 radical (unpaired) electrons. The molecule has 0 spiro atoms. The second kappa shape index (κ2) is 8.98. The molecule has 0 unspecified atom stereocenters. The van der Waals surface area contributed by atoms with E-state index < -0.39 is 5.97 Å². The van der Waals surface area contributed by atoms with Crippen molar-refractivity contribution in [2.75, 3.05) is 13.2 Å². The van der Waals surface area contributed by atoms with Crippen molar-refractivity contribution in [3.8, 4) is 11.5 Å². The van der Waals surface area contributed by atoms with Crippen LogP contribution in [0.2, 0.25) is 5.02 Å². The first kappa shape index (κ1) is 20.0. The number of carbonyl (C=O) groups is 1. The minimum Gasteiger partial charge on any atom is -0.490 e. The van der Waals surface area contributed by atoms with Gasteiger partial charge in [0, 0.05) is 17.0 Å². The van der Waals surface area contributed by atoms with E-state index in [1.54, 1.807) is 0 Å². The lowest BCUT2D eigenvalue weighted by Gasteiger charge is -2.15. The molecule has 0 fully saturated rings. The fraction of sp³-hybridized carbons (Fsp3) is 0.261. The topological polar surface area (TPSA) is 55.8 Å². The summed E-state index contributed by atoms with van der Waals surface area (Å²) in [5, 5.41) is 11.9. The monoisotopic (exact) mass is 398 g/mol. The number of halogens is 1. The van der Waals surface area contributed by atoms with Crippen molar-refractivity contribution in [2.45, 2.75) is 26.7 Å². The van der Waals surface area contributed by atoms with Gasteiger partial charge in [-0.3, -0.25) is 4.79 Å². The summed E-state index contributed by atoms with van der Waals surface area (Å²) in [6.07, 6.45) is 0.479. The third kappa shape index (κ3) is 4.76. The largest absolute Gasteiger partial charge is 0.490 e. The van der Waals surface area contributed by atoms with Crippen LogP contribution in [0, 0.1) is 13.8 Å². The van der Waals surface area contributed by atoms with Crippen LogP contribution >= 0.6 is 11.6 Å². The van der Waals surface area contributed by atoms with Gasteiger partial charge in [0.15, 0.2) is 0 Å². The Kier molecular flexibility index (Phi) is 6.42. The molecule has 0 heterocycles. The highest BCUT2D eigenvalue weighted by atomic mass is 35.5. The summed E-state index contributed by atoms with van der Waals surface area (Å²) in [5.74, 6) is 0.635. The van der Waals surface area contributed by atoms with Gasteiger partial charge in [-0.25, -0.2) is 0 Å². The molecule has 5 heteroatoms. The maximum absolute atomic E-state index is 11.0. The molecular formula is C23H23ClO4. The quantitative estimate of drug-likeness (QED) is 0.503. The summed E-state index contributed by atoms with van der Waals surface area (Å²) in [5.41, 5.74) is 2.87. The molecule has 0 aromatic heterocycles. The number of rotatable bonds is 8. The van der Waals surface area contributed by atoms with E-state index >= 15 is 0 Å². The zero-order valence-electron chi connectivity index (χ0n) is 16.0. The molecule has 0 atom stereocenters. The first-order valence-electron chi connectivity index (χ1n) is 9.20. The molecule has 3 rings (SSSR count). The van der Waals surface area contributed by atoms with E-state index in [0.29, 0.717) is 25.4 Å². The second-order valence-corrected chi connectivity index (χ2v) is 7.10. The molecular weight excluding hydrogens is 376 g/mol. The van der Waals surface area contributed by atoms with E-state index in [1.165, 1.54) is 0 Å². The predicted octanol–water partition coefficient (Wildman–Crippen LogP) is 5.59. The van der Waals surface area contributed by atoms with Gasteiger partial charge in [0.25, 0.3) is 0 Å². The molecule has 0 saturated carbocycles. The zero-order chi connectivity index (χ0) is 20.1. The summed E-state index contributed by atoms with van der Waals surface area (Å²) in [4.78, 5) is 11.0. The van der Waals surface area contributed by atoms with Crippen molar-refractivity contribution in [1.29, 1.82) is 0 Å². The molecule has 146 valence electrons. The molecule has 0 bridgehead atoms. The highest BCUT2D eigenvalue weighted by molar-refractivity contribution is 6.32. The normalized spacial score (nSPS) is 10.8. The Morgan fingerprint density at radius 3 is 2.39 bits per heavy atom. The van der Waals surface area contributed by atoms with Crippen molar-refractivity contribution in [3.05, 3.63) is 70.2 Å². The predicted molar refractivity (Wildman–Crippen MR) is 112 cm³/mol. The van der Waals surface area contributed by atoms with Crippen molar-refractivity contribution in [3.63, 3.8) is 0 Å². The highest BCUT2D eigenvalue weighted by Crippen LogP contribution is 2.30. The molecule has 4 nitrogen and oxygen atoms in total. The summed E-state index contributed by atoms with van der Waals surface area (Å²) >= 11 is 6.19. The van der Waals surface area contributed by atoms with Gasteiger partial charge in [0.05, 0.1) is 0 Å². The third-order valence-electron chi connectivity index (χ3n) is 4.61. The molecule has 0 aliphatic carbocycles. The van der Waals surface area contributed by atoms with Crippen LogP contribution in [0.15, 0.2) is 48.5 Å². The van der Waals surface area contributed by atoms with Crippen LogP contribution in [0.25, 0.3) is 10.8 Å². The summed E-state index contributed by atoms with van der Waals surface area (Å²) in [7, 11) is 0. The second-order valence-electron chi connectivity index (χ2n) is 6.73. The van der Waals surface area contributed by atoms with E-state index in [1.807, 2.05) is 62.4 Å². The number of ether oxygens (including phenoxy) is 2. The minimum absolute atomic E-state index is 0.0597. The highest BCUT2D eigenvalue weighted by Gasteiger charge is 2.11. The Morgan fingerprint density at radius 2 is 1.68 bits per heavy atom. The Hall–Kier alpha value is -2.72. The van der Waals surface area contributed by atoms with Gasteiger partial charge in [-0.1, -0.05) is 41.9 Å². The van der Waals surface area contributed by atoms with E-state index in [2.05, 4.69) is 0 Å². The Bertz CT molecular complexity index is 974. The van der Waals surface area contributed by atoms with Gasteiger partial charge in [-0.2, -0.15) is 0 Å². The van der Waals surface area contributed by atoms with Crippen LogP contribution in [0.4, 0.5) is 0 Å². The van der Waals surface area contributed by atoms with Gasteiger partial charge in [0.1, 0.15) is 24.7 Å². The van der Waals surface area contributed by atoms with Gasteiger partial charge in [-0.15, -0.1) is 0 Å². The lowest BCUT2D eigenvalue weighted by molar-refractivity contribution is -0.136. The average Bonchev–Trinajstić information content (AvgIpc) is 2.67. The first-order chi connectivity index (χ1) is 13.5. The lowest BCUT2D eigenvalue weighted by Crippen LogP contribution is -2.11. The van der Waals surface area contributed by atoms with Crippen LogP contribution in [0.5, 0.6) is 11.5 Å². The van der Waals surface area contributed by atoms with E-state index in [0.717, 1.165) is 38.2 Å². The lowest BCUT2D eigenvalue weighted by atomic mass is 10.00. The molecule has 3 aromatic rings. The Balaban J connectivity index is 1.70.